The van der Waals surface area contributed by atoms with E-state index in [9.17, 15) is 4.79 Å². The lowest BCUT2D eigenvalue weighted by Crippen LogP contribution is -2.24. The van der Waals surface area contributed by atoms with Gasteiger partial charge in [0.1, 0.15) is 0 Å². The average Bonchev–Trinajstić information content (AvgIpc) is 2.48. The smallest absolute Gasteiger partial charge is 0.293 e. The Morgan fingerprint density at radius 2 is 2.20 bits per heavy atom. The van der Waals surface area contributed by atoms with Crippen molar-refractivity contribution in [3.05, 3.63) is 46.6 Å². The summed E-state index contributed by atoms with van der Waals surface area (Å²) < 4.78 is 6.72. The fourth-order valence-electron chi connectivity index (χ4n) is 1.84. The summed E-state index contributed by atoms with van der Waals surface area (Å²) in [6, 6.07) is 3.68. The molecule has 0 bridgehead atoms. The molecular formula is C14H18N4O2. The molecule has 0 aliphatic rings. The number of ether oxygens (including phenoxy) is 1. The Kier molecular flexibility index (Phi) is 4.70. The molecule has 2 rings (SSSR count). The van der Waals surface area contributed by atoms with Crippen LogP contribution in [0.1, 0.15) is 18.9 Å². The Labute approximate surface area is 117 Å². The topological polar surface area (TPSA) is 69.0 Å². The summed E-state index contributed by atoms with van der Waals surface area (Å²) in [5.74, 6) is 0.908. The summed E-state index contributed by atoms with van der Waals surface area (Å²) in [6.45, 7) is 3.22. The van der Waals surface area contributed by atoms with E-state index in [-0.39, 0.29) is 5.56 Å². The average molecular weight is 274 g/mol. The highest BCUT2D eigenvalue weighted by atomic mass is 16.5. The van der Waals surface area contributed by atoms with Crippen molar-refractivity contribution in [2.24, 2.45) is 0 Å². The van der Waals surface area contributed by atoms with Crippen LogP contribution < -0.4 is 15.6 Å². The summed E-state index contributed by atoms with van der Waals surface area (Å²) in [5.41, 5.74) is 0.874. The number of aromatic nitrogens is 3. The van der Waals surface area contributed by atoms with Gasteiger partial charge in [0.15, 0.2) is 5.82 Å². The molecule has 1 N–H and O–H groups in total. The normalized spacial score (nSPS) is 10.3. The summed E-state index contributed by atoms with van der Waals surface area (Å²) >= 11 is 0. The van der Waals surface area contributed by atoms with Crippen LogP contribution in [0.15, 0.2) is 35.5 Å². The van der Waals surface area contributed by atoms with E-state index in [0.717, 1.165) is 12.0 Å². The Morgan fingerprint density at radius 1 is 1.35 bits per heavy atom. The van der Waals surface area contributed by atoms with Gasteiger partial charge in [0.05, 0.1) is 7.11 Å². The Balaban J connectivity index is 2.10. The molecule has 20 heavy (non-hydrogen) atoms. The molecule has 2 aromatic heterocycles. The van der Waals surface area contributed by atoms with Crippen molar-refractivity contribution in [3.63, 3.8) is 0 Å². The minimum Gasteiger partial charge on any atom is -0.481 e. The minimum absolute atomic E-state index is 0.102. The van der Waals surface area contributed by atoms with Crippen molar-refractivity contribution >= 4 is 5.82 Å². The summed E-state index contributed by atoms with van der Waals surface area (Å²) in [7, 11) is 1.57. The van der Waals surface area contributed by atoms with Crippen molar-refractivity contribution in [3.8, 4) is 5.88 Å². The predicted octanol–water partition coefficient (Wildman–Crippen LogP) is 1.67. The first-order valence-corrected chi connectivity index (χ1v) is 6.53. The highest BCUT2D eigenvalue weighted by Gasteiger charge is 2.04. The van der Waals surface area contributed by atoms with Crippen LogP contribution in [0.3, 0.4) is 0 Å². The Morgan fingerprint density at radius 3 is 2.95 bits per heavy atom. The van der Waals surface area contributed by atoms with Crippen molar-refractivity contribution in [1.29, 1.82) is 0 Å². The Bertz CT molecular complexity index is 625. The molecule has 2 heterocycles. The van der Waals surface area contributed by atoms with Gasteiger partial charge in [-0.15, -0.1) is 0 Å². The van der Waals surface area contributed by atoms with Gasteiger partial charge in [-0.1, -0.05) is 6.92 Å². The lowest BCUT2D eigenvalue weighted by Gasteiger charge is -2.08. The molecule has 0 spiro atoms. The predicted molar refractivity (Wildman–Crippen MR) is 76.9 cm³/mol. The van der Waals surface area contributed by atoms with E-state index >= 15 is 0 Å². The minimum atomic E-state index is -0.102. The highest BCUT2D eigenvalue weighted by Crippen LogP contribution is 2.09. The van der Waals surface area contributed by atoms with Gasteiger partial charge in [0.25, 0.3) is 5.56 Å². The zero-order valence-corrected chi connectivity index (χ0v) is 11.7. The van der Waals surface area contributed by atoms with E-state index in [1.165, 1.54) is 0 Å². The van der Waals surface area contributed by atoms with Crippen molar-refractivity contribution in [2.75, 3.05) is 12.4 Å². The van der Waals surface area contributed by atoms with Gasteiger partial charge in [-0.25, -0.2) is 9.97 Å². The number of pyridine rings is 1. The monoisotopic (exact) mass is 274 g/mol. The number of aryl methyl sites for hydroxylation is 1. The lowest BCUT2D eigenvalue weighted by molar-refractivity contribution is 0.397. The molecule has 0 atom stereocenters. The van der Waals surface area contributed by atoms with Crippen LogP contribution in [0.4, 0.5) is 5.82 Å². The molecule has 0 fully saturated rings. The number of hydrogen-bond donors (Lipinski definition) is 1. The Hall–Kier alpha value is -2.37. The maximum atomic E-state index is 12.1. The lowest BCUT2D eigenvalue weighted by atomic mass is 10.2. The largest absolute Gasteiger partial charge is 0.481 e. The molecule has 106 valence electrons. The second-order valence-corrected chi connectivity index (χ2v) is 4.33. The molecule has 0 aromatic carbocycles. The number of hydrogen-bond acceptors (Lipinski definition) is 5. The van der Waals surface area contributed by atoms with Crippen LogP contribution in [0.25, 0.3) is 0 Å². The fraction of sp³-hybridized carbons (Fsp3) is 0.357. The number of nitrogens with zero attached hydrogens (tertiary/aromatic N) is 3. The van der Waals surface area contributed by atoms with Crippen LogP contribution in [-0.4, -0.2) is 21.6 Å². The van der Waals surface area contributed by atoms with Gasteiger partial charge >= 0.3 is 0 Å². The molecule has 0 aliphatic heterocycles. The van der Waals surface area contributed by atoms with E-state index in [0.29, 0.717) is 24.8 Å². The van der Waals surface area contributed by atoms with Crippen LogP contribution in [-0.2, 0) is 13.1 Å². The highest BCUT2D eigenvalue weighted by molar-refractivity contribution is 5.33. The first-order chi connectivity index (χ1) is 9.74. The van der Waals surface area contributed by atoms with E-state index < -0.39 is 0 Å². The second-order valence-electron chi connectivity index (χ2n) is 4.33. The number of anilines is 1. The standard InChI is InChI=1S/C14H18N4O2/c1-3-7-18-8-6-16-13(14(18)19)17-10-11-4-5-15-12(9-11)20-2/h4-6,8-9H,3,7,10H2,1-2H3,(H,16,17). The summed E-state index contributed by atoms with van der Waals surface area (Å²) in [6.07, 6.45) is 5.91. The van der Waals surface area contributed by atoms with Crippen molar-refractivity contribution in [1.82, 2.24) is 14.5 Å². The molecule has 0 unspecified atom stereocenters. The second kappa shape index (κ2) is 6.70. The zero-order valence-electron chi connectivity index (χ0n) is 11.7. The zero-order chi connectivity index (χ0) is 14.4. The molecule has 0 saturated carbocycles. The van der Waals surface area contributed by atoms with E-state index in [1.807, 2.05) is 19.1 Å². The van der Waals surface area contributed by atoms with Crippen LogP contribution in [0.2, 0.25) is 0 Å². The maximum Gasteiger partial charge on any atom is 0.293 e. The number of nitrogens with one attached hydrogen (secondary N) is 1. The molecule has 0 aliphatic carbocycles. The third-order valence-electron chi connectivity index (χ3n) is 2.85. The van der Waals surface area contributed by atoms with Gasteiger partial charge in [0, 0.05) is 37.7 Å². The molecule has 0 saturated heterocycles. The summed E-state index contributed by atoms with van der Waals surface area (Å²) in [4.78, 5) is 20.2. The first kappa shape index (κ1) is 14.0. The van der Waals surface area contributed by atoms with Gasteiger partial charge in [-0.3, -0.25) is 4.79 Å². The molecule has 0 amide bonds. The summed E-state index contributed by atoms with van der Waals surface area (Å²) in [5, 5.41) is 3.05. The molecule has 6 nitrogen and oxygen atoms in total. The first-order valence-electron chi connectivity index (χ1n) is 6.53. The maximum absolute atomic E-state index is 12.1. The SMILES string of the molecule is CCCn1ccnc(NCc2ccnc(OC)c2)c1=O. The van der Waals surface area contributed by atoms with Crippen molar-refractivity contribution in [2.45, 2.75) is 26.4 Å². The van der Waals surface area contributed by atoms with Gasteiger partial charge in [-0.05, 0) is 18.1 Å². The van der Waals surface area contributed by atoms with E-state index in [2.05, 4.69) is 15.3 Å². The molecule has 2 aromatic rings. The third-order valence-corrected chi connectivity index (χ3v) is 2.85. The van der Waals surface area contributed by atoms with E-state index in [4.69, 9.17) is 4.74 Å². The molecule has 0 radical (unpaired) electrons. The van der Waals surface area contributed by atoms with Gasteiger partial charge in [0.2, 0.25) is 5.88 Å². The van der Waals surface area contributed by atoms with Crippen LogP contribution in [0, 0.1) is 0 Å². The van der Waals surface area contributed by atoms with Crippen LogP contribution >= 0.6 is 0 Å². The number of rotatable bonds is 6. The fourth-order valence-corrected chi connectivity index (χ4v) is 1.84. The van der Waals surface area contributed by atoms with Gasteiger partial charge < -0.3 is 14.6 Å². The quantitative estimate of drug-likeness (QED) is 0.867. The third kappa shape index (κ3) is 3.34. The van der Waals surface area contributed by atoms with Gasteiger partial charge in [-0.2, -0.15) is 0 Å². The molecule has 6 heteroatoms. The van der Waals surface area contributed by atoms with E-state index in [1.54, 1.807) is 30.3 Å². The van der Waals surface area contributed by atoms with Crippen molar-refractivity contribution < 1.29 is 4.74 Å². The number of methoxy groups -OCH3 is 1. The molecular weight excluding hydrogens is 256 g/mol. The van der Waals surface area contributed by atoms with Crippen LogP contribution in [0.5, 0.6) is 5.88 Å².